The van der Waals surface area contributed by atoms with Gasteiger partial charge in [0.05, 0.1) is 11.5 Å². The molecule has 0 N–H and O–H groups in total. The normalized spacial score (nSPS) is 22.8. The Morgan fingerprint density at radius 2 is 2.13 bits per heavy atom. The molecule has 0 radical (unpaired) electrons. The van der Waals surface area contributed by atoms with Gasteiger partial charge in [0.15, 0.2) is 0 Å². The Morgan fingerprint density at radius 3 is 2.70 bits per heavy atom. The molecule has 2 aromatic heterocycles. The maximum absolute atomic E-state index is 10.8. The molecular weight excluding hydrogens is 294 g/mol. The van der Waals surface area contributed by atoms with Gasteiger partial charge in [0.2, 0.25) is 0 Å². The molecule has 2 aromatic rings. The molecule has 0 aliphatic heterocycles. The summed E-state index contributed by atoms with van der Waals surface area (Å²) in [5.74, 6) is 4.10. The lowest BCUT2D eigenvalue weighted by Gasteiger charge is -2.22. The van der Waals surface area contributed by atoms with Crippen molar-refractivity contribution < 1.29 is 9.34 Å². The Morgan fingerprint density at radius 1 is 1.35 bits per heavy atom. The van der Waals surface area contributed by atoms with Crippen molar-refractivity contribution in [2.75, 3.05) is 4.90 Å². The Kier molecular flexibility index (Phi) is 3.32. The van der Waals surface area contributed by atoms with E-state index < -0.39 is 4.92 Å². The van der Waals surface area contributed by atoms with Gasteiger partial charge in [-0.3, -0.25) is 10.1 Å². The summed E-state index contributed by atoms with van der Waals surface area (Å²) in [6.07, 6.45) is 4.80. The zero-order chi connectivity index (χ0) is 16.0. The first-order valence-electron chi connectivity index (χ1n) is 8.07. The van der Waals surface area contributed by atoms with Crippen molar-refractivity contribution >= 4 is 11.5 Å². The van der Waals surface area contributed by atoms with E-state index in [0.29, 0.717) is 18.5 Å². The summed E-state index contributed by atoms with van der Waals surface area (Å²) in [5, 5.41) is 10.8. The van der Waals surface area contributed by atoms with Crippen LogP contribution in [0.5, 0.6) is 0 Å². The fourth-order valence-electron chi connectivity index (χ4n) is 3.00. The molecule has 120 valence electrons. The minimum atomic E-state index is -0.423. The fraction of sp³-hybridized carbons (Fsp3) is 0.471. The second-order valence-electron chi connectivity index (χ2n) is 6.61. The number of rotatable bonds is 6. The van der Waals surface area contributed by atoms with E-state index in [2.05, 4.69) is 22.9 Å². The maximum Gasteiger partial charge on any atom is 0.287 e. The molecular formula is C17H19N3O3. The summed E-state index contributed by atoms with van der Waals surface area (Å²) in [7, 11) is 0. The van der Waals surface area contributed by atoms with Crippen LogP contribution in [0, 0.1) is 16.0 Å². The first kappa shape index (κ1) is 14.2. The Balaban J connectivity index is 1.51. The molecule has 2 aliphatic rings. The summed E-state index contributed by atoms with van der Waals surface area (Å²) in [6, 6.07) is 7.82. The molecule has 6 heteroatoms. The number of furan rings is 1. The molecule has 0 bridgehead atoms. The van der Waals surface area contributed by atoms with E-state index >= 15 is 0 Å². The number of aromatic nitrogens is 1. The quantitative estimate of drug-likeness (QED) is 0.598. The molecule has 0 unspecified atom stereocenters. The smallest absolute Gasteiger partial charge is 0.287 e. The van der Waals surface area contributed by atoms with E-state index in [1.54, 1.807) is 6.07 Å². The maximum atomic E-state index is 10.8. The summed E-state index contributed by atoms with van der Waals surface area (Å²) in [5.41, 5.74) is 0.0208. The highest BCUT2D eigenvalue weighted by Crippen LogP contribution is 2.47. The van der Waals surface area contributed by atoms with Gasteiger partial charge in [-0.1, -0.05) is 6.92 Å². The van der Waals surface area contributed by atoms with Crippen molar-refractivity contribution in [3.63, 3.8) is 0 Å². The topological polar surface area (TPSA) is 72.4 Å². The van der Waals surface area contributed by atoms with Crippen molar-refractivity contribution in [1.29, 1.82) is 0 Å². The van der Waals surface area contributed by atoms with Gasteiger partial charge in [-0.25, -0.2) is 4.98 Å². The molecule has 23 heavy (non-hydrogen) atoms. The SMILES string of the molecule is C[C@@H]1C[C@H]1c1ccc(CN(c2ccc([N+](=O)[O-])cn2)C2CC2)o1. The van der Waals surface area contributed by atoms with Crippen LogP contribution in [0.4, 0.5) is 11.5 Å². The van der Waals surface area contributed by atoms with Crippen molar-refractivity contribution in [1.82, 2.24) is 4.98 Å². The number of hydrogen-bond donors (Lipinski definition) is 0. The van der Waals surface area contributed by atoms with Gasteiger partial charge in [-0.15, -0.1) is 0 Å². The molecule has 2 fully saturated rings. The third kappa shape index (κ3) is 2.93. The van der Waals surface area contributed by atoms with Crippen LogP contribution in [0.3, 0.4) is 0 Å². The largest absolute Gasteiger partial charge is 0.464 e. The number of hydrogen-bond acceptors (Lipinski definition) is 5. The zero-order valence-corrected chi connectivity index (χ0v) is 13.0. The standard InChI is InChI=1S/C17H19N3O3/c1-11-8-15(11)16-6-5-14(23-16)10-19(12-2-3-12)17-7-4-13(9-18-17)20(21)22/h4-7,9,11-12,15H,2-3,8,10H2,1H3/t11-,15-/m1/s1. The summed E-state index contributed by atoms with van der Waals surface area (Å²) >= 11 is 0. The van der Waals surface area contributed by atoms with Crippen LogP contribution < -0.4 is 4.90 Å². The van der Waals surface area contributed by atoms with Crippen LogP contribution in [-0.4, -0.2) is 15.9 Å². The molecule has 0 aromatic carbocycles. The second-order valence-corrected chi connectivity index (χ2v) is 6.61. The van der Waals surface area contributed by atoms with Gasteiger partial charge in [0.1, 0.15) is 23.5 Å². The number of anilines is 1. The van der Waals surface area contributed by atoms with Gasteiger partial charge in [0.25, 0.3) is 5.69 Å². The Labute approximate surface area is 134 Å². The van der Waals surface area contributed by atoms with Crippen LogP contribution in [-0.2, 0) is 6.54 Å². The Bertz CT molecular complexity index is 721. The third-order valence-corrected chi connectivity index (χ3v) is 4.71. The zero-order valence-electron chi connectivity index (χ0n) is 13.0. The van der Waals surface area contributed by atoms with Gasteiger partial charge in [-0.2, -0.15) is 0 Å². The predicted molar refractivity (Wildman–Crippen MR) is 85.3 cm³/mol. The van der Waals surface area contributed by atoms with Crippen molar-refractivity contribution in [2.24, 2.45) is 5.92 Å². The van der Waals surface area contributed by atoms with E-state index in [0.717, 1.165) is 36.1 Å². The molecule has 6 nitrogen and oxygen atoms in total. The van der Waals surface area contributed by atoms with Gasteiger partial charge < -0.3 is 9.32 Å². The van der Waals surface area contributed by atoms with E-state index in [4.69, 9.17) is 4.42 Å². The van der Waals surface area contributed by atoms with Crippen LogP contribution in [0.25, 0.3) is 0 Å². The van der Waals surface area contributed by atoms with Crippen LogP contribution in [0.15, 0.2) is 34.9 Å². The van der Waals surface area contributed by atoms with Crippen molar-refractivity contribution in [3.8, 4) is 0 Å². The lowest BCUT2D eigenvalue weighted by molar-refractivity contribution is -0.385. The van der Waals surface area contributed by atoms with E-state index in [1.807, 2.05) is 6.07 Å². The minimum absolute atomic E-state index is 0.0208. The molecule has 2 saturated carbocycles. The van der Waals surface area contributed by atoms with Crippen molar-refractivity contribution in [2.45, 2.75) is 44.7 Å². The van der Waals surface area contributed by atoms with Gasteiger partial charge in [0, 0.05) is 18.0 Å². The molecule has 0 amide bonds. The minimum Gasteiger partial charge on any atom is -0.464 e. The van der Waals surface area contributed by atoms with E-state index in [1.165, 1.54) is 18.7 Å². The van der Waals surface area contributed by atoms with Crippen LogP contribution in [0.2, 0.25) is 0 Å². The lowest BCUT2D eigenvalue weighted by atomic mass is 10.3. The number of nitrogens with zero attached hydrogens (tertiary/aromatic N) is 3. The molecule has 0 spiro atoms. The van der Waals surface area contributed by atoms with Crippen molar-refractivity contribution in [3.05, 3.63) is 52.1 Å². The predicted octanol–water partition coefficient (Wildman–Crippen LogP) is 3.88. The van der Waals surface area contributed by atoms with E-state index in [-0.39, 0.29) is 5.69 Å². The van der Waals surface area contributed by atoms with Crippen LogP contribution in [0.1, 0.15) is 43.6 Å². The molecule has 2 heterocycles. The van der Waals surface area contributed by atoms with Gasteiger partial charge in [-0.05, 0) is 43.4 Å². The van der Waals surface area contributed by atoms with Gasteiger partial charge >= 0.3 is 0 Å². The summed E-state index contributed by atoms with van der Waals surface area (Å²) in [6.45, 7) is 2.90. The fourth-order valence-corrected chi connectivity index (χ4v) is 3.00. The number of nitro groups is 1. The first-order valence-corrected chi connectivity index (χ1v) is 8.07. The van der Waals surface area contributed by atoms with Crippen LogP contribution >= 0.6 is 0 Å². The molecule has 4 rings (SSSR count). The average molecular weight is 313 g/mol. The highest BCUT2D eigenvalue weighted by Gasteiger charge is 2.37. The second kappa shape index (κ2) is 5.37. The summed E-state index contributed by atoms with van der Waals surface area (Å²) in [4.78, 5) is 16.8. The Hall–Kier alpha value is -2.37. The summed E-state index contributed by atoms with van der Waals surface area (Å²) < 4.78 is 5.99. The first-order chi connectivity index (χ1) is 11.1. The van der Waals surface area contributed by atoms with E-state index in [9.17, 15) is 10.1 Å². The highest BCUT2D eigenvalue weighted by atomic mass is 16.6. The highest BCUT2D eigenvalue weighted by molar-refractivity contribution is 5.45. The lowest BCUT2D eigenvalue weighted by Crippen LogP contribution is -2.25. The molecule has 0 saturated heterocycles. The molecule has 2 aliphatic carbocycles. The monoisotopic (exact) mass is 313 g/mol. The average Bonchev–Trinajstić information content (AvgIpc) is 3.46. The molecule has 2 atom stereocenters. The third-order valence-electron chi connectivity index (χ3n) is 4.71. The number of pyridine rings is 1.